The molecule has 0 radical (unpaired) electrons. The molecule has 2 aromatic carbocycles. The first kappa shape index (κ1) is 15.7. The third-order valence-corrected chi connectivity index (χ3v) is 3.73. The van der Waals surface area contributed by atoms with Gasteiger partial charge >= 0.3 is 0 Å². The van der Waals surface area contributed by atoms with Crippen LogP contribution in [0.1, 0.15) is 5.56 Å². The molecule has 3 N–H and O–H groups in total. The molecule has 0 spiro atoms. The summed E-state index contributed by atoms with van der Waals surface area (Å²) >= 11 is 0. The third kappa shape index (κ3) is 2.96. The molecule has 0 amide bonds. The summed E-state index contributed by atoms with van der Waals surface area (Å²) in [5.41, 5.74) is 8.99. The van der Waals surface area contributed by atoms with Gasteiger partial charge in [0.25, 0.3) is 0 Å². The van der Waals surface area contributed by atoms with E-state index in [9.17, 15) is 9.50 Å². The van der Waals surface area contributed by atoms with E-state index < -0.39 is 0 Å². The Hall–Kier alpha value is -3.21. The quantitative estimate of drug-likeness (QED) is 0.712. The number of aromatic nitrogens is 1. The lowest BCUT2D eigenvalue weighted by Crippen LogP contribution is -2.02. The lowest BCUT2D eigenvalue weighted by Gasteiger charge is -2.14. The monoisotopic (exact) mass is 321 g/mol. The second-order valence-electron chi connectivity index (χ2n) is 5.33. The van der Waals surface area contributed by atoms with Crippen molar-refractivity contribution in [1.29, 1.82) is 0 Å². The smallest absolute Gasteiger partial charge is 0.131 e. The molecule has 0 bridgehead atoms. The molecule has 1 heterocycles. The number of anilines is 1. The highest BCUT2D eigenvalue weighted by Crippen LogP contribution is 2.34. The zero-order chi connectivity index (χ0) is 17.1. The van der Waals surface area contributed by atoms with Crippen molar-refractivity contribution in [3.63, 3.8) is 0 Å². The van der Waals surface area contributed by atoms with E-state index in [0.29, 0.717) is 27.9 Å². The van der Waals surface area contributed by atoms with Gasteiger partial charge in [-0.3, -0.25) is 4.99 Å². The van der Waals surface area contributed by atoms with Crippen molar-refractivity contribution in [3.05, 3.63) is 66.0 Å². The van der Waals surface area contributed by atoms with Gasteiger partial charge in [-0.25, -0.2) is 9.37 Å². The minimum absolute atomic E-state index is 0.122. The van der Waals surface area contributed by atoms with E-state index in [1.807, 2.05) is 0 Å². The fourth-order valence-electron chi connectivity index (χ4n) is 2.60. The topological polar surface area (TPSA) is 71.5 Å². The Labute approximate surface area is 139 Å². The normalized spacial score (nSPS) is 10.5. The van der Waals surface area contributed by atoms with Crippen LogP contribution in [-0.2, 0) is 6.54 Å². The molecular weight excluding hydrogens is 305 g/mol. The van der Waals surface area contributed by atoms with Crippen LogP contribution in [-0.4, -0.2) is 16.8 Å². The van der Waals surface area contributed by atoms with Gasteiger partial charge in [-0.05, 0) is 36.5 Å². The predicted octanol–water partition coefficient (Wildman–Crippen LogP) is 4.04. The highest BCUT2D eigenvalue weighted by atomic mass is 19.1. The lowest BCUT2D eigenvalue weighted by molar-refractivity contribution is 0.475. The molecule has 24 heavy (non-hydrogen) atoms. The van der Waals surface area contributed by atoms with Gasteiger partial charge in [-0.15, -0.1) is 0 Å². The van der Waals surface area contributed by atoms with Crippen LogP contribution in [0.25, 0.3) is 22.4 Å². The number of pyridine rings is 1. The summed E-state index contributed by atoms with van der Waals surface area (Å²) in [5, 5.41) is 9.67. The molecule has 0 aliphatic rings. The van der Waals surface area contributed by atoms with Gasteiger partial charge in [0.2, 0.25) is 0 Å². The highest BCUT2D eigenvalue weighted by Gasteiger charge is 2.15. The summed E-state index contributed by atoms with van der Waals surface area (Å²) < 4.78 is 14.3. The zero-order valence-electron chi connectivity index (χ0n) is 12.9. The average molecular weight is 321 g/mol. The van der Waals surface area contributed by atoms with Crippen LogP contribution in [0.4, 0.5) is 10.2 Å². The average Bonchev–Trinajstić information content (AvgIpc) is 2.57. The summed E-state index contributed by atoms with van der Waals surface area (Å²) in [6.07, 6.45) is 0. The Morgan fingerprint density at radius 3 is 2.58 bits per heavy atom. The molecule has 3 rings (SSSR count). The minimum Gasteiger partial charge on any atom is -0.508 e. The molecule has 0 atom stereocenters. The van der Waals surface area contributed by atoms with Crippen molar-refractivity contribution in [2.45, 2.75) is 6.54 Å². The molecule has 0 aliphatic carbocycles. The molecule has 0 unspecified atom stereocenters. The summed E-state index contributed by atoms with van der Waals surface area (Å²) in [6.45, 7) is 3.73. The maximum Gasteiger partial charge on any atom is 0.131 e. The van der Waals surface area contributed by atoms with Gasteiger partial charge in [0.1, 0.15) is 17.4 Å². The minimum atomic E-state index is -0.352. The van der Waals surface area contributed by atoms with Crippen LogP contribution in [0.15, 0.2) is 59.6 Å². The Balaban J connectivity index is 2.25. The Kier molecular flexibility index (Phi) is 4.24. The molecule has 1 aromatic heterocycles. The van der Waals surface area contributed by atoms with Crippen LogP contribution in [0, 0.1) is 5.82 Å². The van der Waals surface area contributed by atoms with Gasteiger partial charge < -0.3 is 10.8 Å². The number of nitrogens with two attached hydrogens (primary N) is 1. The lowest BCUT2D eigenvalue weighted by atomic mass is 9.97. The van der Waals surface area contributed by atoms with E-state index in [4.69, 9.17) is 5.73 Å². The van der Waals surface area contributed by atoms with Crippen molar-refractivity contribution in [1.82, 2.24) is 4.98 Å². The molecule has 0 saturated heterocycles. The number of aliphatic imine (C=N–C) groups is 1. The number of nitrogens with zero attached hydrogens (tertiary/aromatic N) is 2. The maximum absolute atomic E-state index is 14.3. The van der Waals surface area contributed by atoms with E-state index in [0.717, 1.165) is 0 Å². The van der Waals surface area contributed by atoms with Crippen LogP contribution >= 0.6 is 0 Å². The van der Waals surface area contributed by atoms with Gasteiger partial charge in [-0.2, -0.15) is 0 Å². The maximum atomic E-state index is 14.3. The Bertz CT molecular complexity index is 909. The van der Waals surface area contributed by atoms with E-state index in [1.54, 1.807) is 48.5 Å². The van der Waals surface area contributed by atoms with Crippen LogP contribution in [0.5, 0.6) is 5.75 Å². The number of hydrogen-bond donors (Lipinski definition) is 2. The largest absolute Gasteiger partial charge is 0.508 e. The molecule has 3 aromatic rings. The zero-order valence-corrected chi connectivity index (χ0v) is 12.9. The molecule has 4 nitrogen and oxygen atoms in total. The number of hydrogen-bond acceptors (Lipinski definition) is 4. The number of rotatable bonds is 4. The van der Waals surface area contributed by atoms with E-state index in [-0.39, 0.29) is 23.9 Å². The second kappa shape index (κ2) is 6.50. The van der Waals surface area contributed by atoms with Crippen molar-refractivity contribution in [2.75, 3.05) is 5.73 Å². The predicted molar refractivity (Wildman–Crippen MR) is 94.4 cm³/mol. The molecule has 0 fully saturated rings. The molecule has 5 heteroatoms. The first-order valence-corrected chi connectivity index (χ1v) is 7.36. The van der Waals surface area contributed by atoms with Gasteiger partial charge in [0.15, 0.2) is 0 Å². The molecule has 0 aliphatic heterocycles. The van der Waals surface area contributed by atoms with E-state index in [1.165, 1.54) is 6.07 Å². The number of aromatic hydroxyl groups is 1. The Morgan fingerprint density at radius 2 is 1.88 bits per heavy atom. The van der Waals surface area contributed by atoms with Gasteiger partial charge in [0, 0.05) is 16.7 Å². The summed E-state index contributed by atoms with van der Waals surface area (Å²) in [5.74, 6) is 0.0360. The van der Waals surface area contributed by atoms with E-state index in [2.05, 4.69) is 16.7 Å². The summed E-state index contributed by atoms with van der Waals surface area (Å²) in [4.78, 5) is 8.24. The SMILES string of the molecule is C=NCc1c(-c2ccccc2F)cc(-c2cccc(O)c2)nc1N. The number of phenolic OH excluding ortho intramolecular Hbond substituents is 1. The third-order valence-electron chi connectivity index (χ3n) is 3.73. The van der Waals surface area contributed by atoms with Crippen molar-refractivity contribution < 1.29 is 9.50 Å². The van der Waals surface area contributed by atoms with Crippen molar-refractivity contribution in [3.8, 4) is 28.1 Å². The number of nitrogen functional groups attached to an aromatic ring is 1. The summed E-state index contributed by atoms with van der Waals surface area (Å²) in [7, 11) is 0. The summed E-state index contributed by atoms with van der Waals surface area (Å²) in [6, 6.07) is 14.9. The molecule has 0 saturated carbocycles. The van der Waals surface area contributed by atoms with Crippen molar-refractivity contribution >= 4 is 12.5 Å². The number of benzene rings is 2. The number of halogens is 1. The van der Waals surface area contributed by atoms with Gasteiger partial charge in [-0.1, -0.05) is 30.3 Å². The first-order chi connectivity index (χ1) is 11.6. The molecular formula is C19H16FN3O. The van der Waals surface area contributed by atoms with Crippen LogP contribution in [0.3, 0.4) is 0 Å². The first-order valence-electron chi connectivity index (χ1n) is 7.36. The van der Waals surface area contributed by atoms with Gasteiger partial charge in [0.05, 0.1) is 12.2 Å². The fraction of sp³-hybridized carbons (Fsp3) is 0.0526. The Morgan fingerprint density at radius 1 is 1.08 bits per heavy atom. The standard InChI is InChI=1S/C19H16FN3O/c1-22-11-16-15(14-7-2-3-8-17(14)20)10-18(23-19(16)21)12-5-4-6-13(24)9-12/h2-10,24H,1,11H2,(H2,21,23). The number of phenols is 1. The van der Waals surface area contributed by atoms with E-state index >= 15 is 0 Å². The second-order valence-corrected chi connectivity index (χ2v) is 5.33. The van der Waals surface area contributed by atoms with Crippen LogP contribution < -0.4 is 5.73 Å². The highest BCUT2D eigenvalue weighted by molar-refractivity contribution is 5.78. The van der Waals surface area contributed by atoms with Crippen LogP contribution in [0.2, 0.25) is 0 Å². The van der Waals surface area contributed by atoms with Crippen molar-refractivity contribution in [2.24, 2.45) is 4.99 Å². The molecule has 120 valence electrons. The fourth-order valence-corrected chi connectivity index (χ4v) is 2.60.